The molecule has 0 radical (unpaired) electrons. The van der Waals surface area contributed by atoms with Crippen LogP contribution in [0.1, 0.15) is 19.8 Å². The highest BCUT2D eigenvalue weighted by atomic mass is 79.9. The summed E-state index contributed by atoms with van der Waals surface area (Å²) in [5, 5.41) is 3.40. The normalized spacial score (nSPS) is 18.2. The molecular weight excluding hydrogens is 280 g/mol. The maximum Gasteiger partial charge on any atom is 0.143 e. The SMILES string of the molecule is CCN1CCC(CNc2ncncc2Br)CC1. The van der Waals surface area contributed by atoms with E-state index in [0.29, 0.717) is 0 Å². The highest BCUT2D eigenvalue weighted by Crippen LogP contribution is 2.20. The number of hydrogen-bond donors (Lipinski definition) is 1. The molecule has 0 bridgehead atoms. The van der Waals surface area contributed by atoms with E-state index in [0.717, 1.165) is 22.8 Å². The molecule has 1 aliphatic rings. The van der Waals surface area contributed by atoms with Gasteiger partial charge in [0.1, 0.15) is 12.1 Å². The second-order valence-corrected chi connectivity index (χ2v) is 5.33. The lowest BCUT2D eigenvalue weighted by atomic mass is 9.97. The Hall–Kier alpha value is -0.680. The van der Waals surface area contributed by atoms with Crippen LogP contribution in [0.5, 0.6) is 0 Å². The summed E-state index contributed by atoms with van der Waals surface area (Å²) in [7, 11) is 0. The Labute approximate surface area is 111 Å². The Balaban J connectivity index is 1.78. The zero-order chi connectivity index (χ0) is 12.1. The Morgan fingerprint density at radius 2 is 2.24 bits per heavy atom. The molecule has 0 amide bonds. The number of anilines is 1. The van der Waals surface area contributed by atoms with E-state index in [1.165, 1.54) is 32.5 Å². The third kappa shape index (κ3) is 3.64. The predicted octanol–water partition coefficient (Wildman–Crippen LogP) is 2.38. The molecule has 2 rings (SSSR count). The van der Waals surface area contributed by atoms with Crippen LogP contribution in [0, 0.1) is 5.92 Å². The van der Waals surface area contributed by atoms with Crippen LogP contribution in [0.25, 0.3) is 0 Å². The minimum atomic E-state index is 0.764. The highest BCUT2D eigenvalue weighted by molar-refractivity contribution is 9.10. The quantitative estimate of drug-likeness (QED) is 0.927. The second kappa shape index (κ2) is 6.31. The lowest BCUT2D eigenvalue weighted by Crippen LogP contribution is -2.35. The summed E-state index contributed by atoms with van der Waals surface area (Å²) < 4.78 is 0.936. The molecule has 1 aromatic rings. The number of piperidine rings is 1. The number of aromatic nitrogens is 2. The molecule has 1 saturated heterocycles. The molecule has 17 heavy (non-hydrogen) atoms. The van der Waals surface area contributed by atoms with Gasteiger partial charge < -0.3 is 10.2 Å². The van der Waals surface area contributed by atoms with Crippen molar-refractivity contribution in [2.45, 2.75) is 19.8 Å². The summed E-state index contributed by atoms with van der Waals surface area (Å²) >= 11 is 3.45. The predicted molar refractivity (Wildman–Crippen MR) is 73.1 cm³/mol. The van der Waals surface area contributed by atoms with Gasteiger partial charge in [0.15, 0.2) is 0 Å². The van der Waals surface area contributed by atoms with Crippen LogP contribution in [-0.4, -0.2) is 41.0 Å². The molecular formula is C12H19BrN4. The van der Waals surface area contributed by atoms with Gasteiger partial charge in [0, 0.05) is 12.7 Å². The van der Waals surface area contributed by atoms with E-state index in [-0.39, 0.29) is 0 Å². The molecule has 94 valence electrons. The van der Waals surface area contributed by atoms with E-state index in [9.17, 15) is 0 Å². The average Bonchev–Trinajstić information content (AvgIpc) is 2.38. The maximum absolute atomic E-state index is 4.21. The van der Waals surface area contributed by atoms with Crippen LogP contribution in [0.4, 0.5) is 5.82 Å². The van der Waals surface area contributed by atoms with E-state index < -0.39 is 0 Å². The van der Waals surface area contributed by atoms with Crippen LogP contribution < -0.4 is 5.32 Å². The monoisotopic (exact) mass is 298 g/mol. The van der Waals surface area contributed by atoms with Crippen molar-refractivity contribution < 1.29 is 0 Å². The van der Waals surface area contributed by atoms with Gasteiger partial charge >= 0.3 is 0 Å². The maximum atomic E-state index is 4.21. The number of rotatable bonds is 4. The van der Waals surface area contributed by atoms with Crippen LogP contribution >= 0.6 is 15.9 Å². The van der Waals surface area contributed by atoms with Crippen LogP contribution in [0.3, 0.4) is 0 Å². The van der Waals surface area contributed by atoms with E-state index in [2.05, 4.69) is 43.0 Å². The number of halogens is 1. The first-order valence-corrected chi connectivity index (χ1v) is 7.00. The van der Waals surface area contributed by atoms with E-state index in [1.54, 1.807) is 12.5 Å². The van der Waals surface area contributed by atoms with Crippen LogP contribution in [0.15, 0.2) is 17.0 Å². The van der Waals surface area contributed by atoms with Crippen molar-refractivity contribution in [1.82, 2.24) is 14.9 Å². The zero-order valence-corrected chi connectivity index (χ0v) is 11.8. The molecule has 0 aromatic carbocycles. The van der Waals surface area contributed by atoms with Gasteiger partial charge in [0.25, 0.3) is 0 Å². The zero-order valence-electron chi connectivity index (χ0n) is 10.2. The van der Waals surface area contributed by atoms with Crippen molar-refractivity contribution in [3.8, 4) is 0 Å². The summed E-state index contributed by atoms with van der Waals surface area (Å²) in [5.41, 5.74) is 0. The van der Waals surface area contributed by atoms with Crippen molar-refractivity contribution >= 4 is 21.7 Å². The molecule has 0 spiro atoms. The van der Waals surface area contributed by atoms with Gasteiger partial charge in [-0.2, -0.15) is 0 Å². The molecule has 0 saturated carbocycles. The topological polar surface area (TPSA) is 41.0 Å². The summed E-state index contributed by atoms with van der Waals surface area (Å²) in [6.45, 7) is 6.88. The minimum absolute atomic E-state index is 0.764. The Morgan fingerprint density at radius 1 is 1.47 bits per heavy atom. The van der Waals surface area contributed by atoms with Crippen LogP contribution in [-0.2, 0) is 0 Å². The first kappa shape index (κ1) is 12.8. The van der Waals surface area contributed by atoms with Gasteiger partial charge in [-0.1, -0.05) is 6.92 Å². The summed E-state index contributed by atoms with van der Waals surface area (Å²) in [6, 6.07) is 0. The fourth-order valence-electron chi connectivity index (χ4n) is 2.19. The first-order chi connectivity index (χ1) is 8.29. The Bertz CT molecular complexity index is 350. The molecule has 2 heterocycles. The summed E-state index contributed by atoms with van der Waals surface area (Å²) in [4.78, 5) is 10.7. The lowest BCUT2D eigenvalue weighted by molar-refractivity contribution is 0.198. The number of likely N-dealkylation sites (tertiary alicyclic amines) is 1. The Morgan fingerprint density at radius 3 is 2.88 bits per heavy atom. The molecule has 1 aromatic heterocycles. The lowest BCUT2D eigenvalue weighted by Gasteiger charge is -2.31. The smallest absolute Gasteiger partial charge is 0.143 e. The van der Waals surface area contributed by atoms with Gasteiger partial charge in [-0.05, 0) is 54.3 Å². The average molecular weight is 299 g/mol. The van der Waals surface area contributed by atoms with Gasteiger partial charge in [0.05, 0.1) is 4.47 Å². The van der Waals surface area contributed by atoms with Crippen molar-refractivity contribution in [2.24, 2.45) is 5.92 Å². The first-order valence-electron chi connectivity index (χ1n) is 6.21. The van der Waals surface area contributed by atoms with E-state index in [4.69, 9.17) is 0 Å². The fourth-order valence-corrected chi connectivity index (χ4v) is 2.55. The molecule has 0 unspecified atom stereocenters. The van der Waals surface area contributed by atoms with Crippen molar-refractivity contribution in [2.75, 3.05) is 31.5 Å². The fraction of sp³-hybridized carbons (Fsp3) is 0.667. The van der Waals surface area contributed by atoms with E-state index in [1.807, 2.05) is 0 Å². The third-order valence-corrected chi connectivity index (χ3v) is 3.96. The molecule has 0 aliphatic carbocycles. The number of hydrogen-bond acceptors (Lipinski definition) is 4. The van der Waals surface area contributed by atoms with Gasteiger partial charge in [-0.15, -0.1) is 0 Å². The van der Waals surface area contributed by atoms with Crippen molar-refractivity contribution in [1.29, 1.82) is 0 Å². The second-order valence-electron chi connectivity index (χ2n) is 4.48. The van der Waals surface area contributed by atoms with E-state index >= 15 is 0 Å². The van der Waals surface area contributed by atoms with Crippen molar-refractivity contribution in [3.05, 3.63) is 17.0 Å². The van der Waals surface area contributed by atoms with Gasteiger partial charge in [-0.25, -0.2) is 9.97 Å². The standard InChI is InChI=1S/C12H19BrN4/c1-2-17-5-3-10(4-6-17)7-15-12-11(13)8-14-9-16-12/h8-10H,2-7H2,1H3,(H,14,15,16). The van der Waals surface area contributed by atoms with Crippen LogP contribution in [0.2, 0.25) is 0 Å². The molecule has 1 fully saturated rings. The third-order valence-electron chi connectivity index (χ3n) is 3.38. The highest BCUT2D eigenvalue weighted by Gasteiger charge is 2.17. The molecule has 1 aliphatic heterocycles. The molecule has 5 heteroatoms. The minimum Gasteiger partial charge on any atom is -0.369 e. The summed E-state index contributed by atoms with van der Waals surface area (Å²) in [6.07, 6.45) is 5.91. The van der Waals surface area contributed by atoms with Crippen molar-refractivity contribution in [3.63, 3.8) is 0 Å². The van der Waals surface area contributed by atoms with Gasteiger partial charge in [0.2, 0.25) is 0 Å². The Kier molecular flexibility index (Phi) is 4.74. The largest absolute Gasteiger partial charge is 0.369 e. The van der Waals surface area contributed by atoms with Gasteiger partial charge in [-0.3, -0.25) is 0 Å². The summed E-state index contributed by atoms with van der Waals surface area (Å²) in [5.74, 6) is 1.66. The number of nitrogens with one attached hydrogen (secondary N) is 1. The molecule has 1 N–H and O–H groups in total. The molecule has 4 nitrogen and oxygen atoms in total. The molecule has 0 atom stereocenters. The number of nitrogens with zero attached hydrogens (tertiary/aromatic N) is 3.